The van der Waals surface area contributed by atoms with E-state index in [2.05, 4.69) is 57.2 Å². The number of rotatable bonds is 16. The maximum atomic E-state index is 2.43. The molecule has 29 heavy (non-hydrogen) atoms. The minimum atomic E-state index is 0.678. The van der Waals surface area contributed by atoms with E-state index in [0.717, 1.165) is 0 Å². The molecule has 0 aliphatic carbocycles. The van der Waals surface area contributed by atoms with Crippen molar-refractivity contribution in [2.45, 2.75) is 123 Å². The van der Waals surface area contributed by atoms with E-state index in [1.165, 1.54) is 113 Å². The fourth-order valence-corrected chi connectivity index (χ4v) is 4.70. The number of hydrogen-bond acceptors (Lipinski definition) is 0. The lowest BCUT2D eigenvalue weighted by atomic mass is 9.89. The molecule has 0 aromatic heterocycles. The normalized spacial score (nSPS) is 12.5. The van der Waals surface area contributed by atoms with Crippen LogP contribution >= 0.6 is 0 Å². The predicted molar refractivity (Wildman–Crippen MR) is 132 cm³/mol. The Morgan fingerprint density at radius 3 is 1.59 bits per heavy atom. The highest BCUT2D eigenvalue weighted by Gasteiger charge is 2.09. The van der Waals surface area contributed by atoms with Crippen LogP contribution in [0.25, 0.3) is 10.8 Å². The molecule has 0 nitrogen and oxygen atoms in total. The molecule has 0 amide bonds. The molecule has 0 aliphatic rings. The van der Waals surface area contributed by atoms with Crippen LogP contribution in [0.3, 0.4) is 0 Å². The van der Waals surface area contributed by atoms with E-state index in [0.29, 0.717) is 5.92 Å². The van der Waals surface area contributed by atoms with Crippen molar-refractivity contribution in [2.24, 2.45) is 0 Å². The number of fused-ring (bicyclic) bond motifs is 1. The molecule has 0 radical (unpaired) electrons. The number of unbranched alkanes of at least 4 members (excludes halogenated alkanes) is 13. The van der Waals surface area contributed by atoms with Crippen molar-refractivity contribution in [2.75, 3.05) is 0 Å². The number of benzene rings is 2. The SMILES string of the molecule is CCCCCCCCCCCCCCCCC(C)c1cc2ccccc2cc1C. The molecule has 1 atom stereocenters. The zero-order chi connectivity index (χ0) is 20.7. The van der Waals surface area contributed by atoms with Crippen molar-refractivity contribution >= 4 is 10.8 Å². The molecule has 1 unspecified atom stereocenters. The van der Waals surface area contributed by atoms with Crippen LogP contribution in [0.15, 0.2) is 36.4 Å². The smallest absolute Gasteiger partial charge is 0.0181 e. The van der Waals surface area contributed by atoms with Crippen molar-refractivity contribution in [3.05, 3.63) is 47.5 Å². The second kappa shape index (κ2) is 14.6. The van der Waals surface area contributed by atoms with E-state index in [-0.39, 0.29) is 0 Å². The highest BCUT2D eigenvalue weighted by atomic mass is 14.1. The molecule has 0 fully saturated rings. The van der Waals surface area contributed by atoms with Gasteiger partial charge in [0, 0.05) is 0 Å². The van der Waals surface area contributed by atoms with Gasteiger partial charge in [0.05, 0.1) is 0 Å². The molecule has 0 spiro atoms. The summed E-state index contributed by atoms with van der Waals surface area (Å²) in [5.74, 6) is 0.678. The van der Waals surface area contributed by atoms with Crippen LogP contribution in [0.2, 0.25) is 0 Å². The quantitative estimate of drug-likeness (QED) is 0.248. The maximum Gasteiger partial charge on any atom is -0.0181 e. The summed E-state index contributed by atoms with van der Waals surface area (Å²) in [7, 11) is 0. The standard InChI is InChI=1S/C29H46/c1-4-5-6-7-8-9-10-11-12-13-14-15-16-17-20-25(2)29-24-28-22-19-18-21-27(28)23-26(29)3/h18-19,21-25H,4-17,20H2,1-3H3. The van der Waals surface area contributed by atoms with Gasteiger partial charge in [-0.25, -0.2) is 0 Å². The van der Waals surface area contributed by atoms with Gasteiger partial charge in [0.25, 0.3) is 0 Å². The van der Waals surface area contributed by atoms with Crippen LogP contribution in [0.4, 0.5) is 0 Å². The first-order valence-corrected chi connectivity index (χ1v) is 12.7. The maximum absolute atomic E-state index is 2.43. The third kappa shape index (κ3) is 9.37. The lowest BCUT2D eigenvalue weighted by Crippen LogP contribution is -1.97. The number of aryl methyl sites for hydroxylation is 1. The van der Waals surface area contributed by atoms with Crippen molar-refractivity contribution in [3.63, 3.8) is 0 Å². The molecule has 0 aliphatic heterocycles. The van der Waals surface area contributed by atoms with Crippen LogP contribution in [-0.4, -0.2) is 0 Å². The number of hydrogen-bond donors (Lipinski definition) is 0. The zero-order valence-corrected chi connectivity index (χ0v) is 19.6. The molecular formula is C29H46. The topological polar surface area (TPSA) is 0 Å². The van der Waals surface area contributed by atoms with Crippen LogP contribution in [-0.2, 0) is 0 Å². The van der Waals surface area contributed by atoms with E-state index in [1.807, 2.05) is 0 Å². The van der Waals surface area contributed by atoms with Gasteiger partial charge in [0.2, 0.25) is 0 Å². The molecule has 0 saturated carbocycles. The van der Waals surface area contributed by atoms with Crippen molar-refractivity contribution in [1.82, 2.24) is 0 Å². The lowest BCUT2D eigenvalue weighted by molar-refractivity contribution is 0.524. The summed E-state index contributed by atoms with van der Waals surface area (Å²) in [6, 6.07) is 13.6. The summed E-state index contributed by atoms with van der Waals surface area (Å²) in [6.07, 6.45) is 21.5. The lowest BCUT2D eigenvalue weighted by Gasteiger charge is -2.16. The van der Waals surface area contributed by atoms with Crippen molar-refractivity contribution < 1.29 is 0 Å². The summed E-state index contributed by atoms with van der Waals surface area (Å²) in [6.45, 7) is 7.00. The Hall–Kier alpha value is -1.30. The van der Waals surface area contributed by atoms with Gasteiger partial charge in [-0.15, -0.1) is 0 Å². The largest absolute Gasteiger partial charge is 0.0654 e. The van der Waals surface area contributed by atoms with Crippen LogP contribution in [0.1, 0.15) is 127 Å². The summed E-state index contributed by atoms with van der Waals surface area (Å²) in [5.41, 5.74) is 3.01. The Kier molecular flexibility index (Phi) is 12.1. The van der Waals surface area contributed by atoms with Gasteiger partial charge < -0.3 is 0 Å². The van der Waals surface area contributed by atoms with Gasteiger partial charge in [0.15, 0.2) is 0 Å². The Morgan fingerprint density at radius 2 is 1.07 bits per heavy atom. The van der Waals surface area contributed by atoms with Crippen LogP contribution in [0.5, 0.6) is 0 Å². The Morgan fingerprint density at radius 1 is 0.621 bits per heavy atom. The molecule has 0 heteroatoms. The molecule has 2 aromatic rings. The highest BCUT2D eigenvalue weighted by Crippen LogP contribution is 2.29. The van der Waals surface area contributed by atoms with Gasteiger partial charge >= 0.3 is 0 Å². The van der Waals surface area contributed by atoms with Crippen LogP contribution in [0, 0.1) is 6.92 Å². The van der Waals surface area contributed by atoms with Gasteiger partial charge in [-0.05, 0) is 41.2 Å². The van der Waals surface area contributed by atoms with E-state index >= 15 is 0 Å². The monoisotopic (exact) mass is 394 g/mol. The van der Waals surface area contributed by atoms with Gasteiger partial charge in [-0.2, -0.15) is 0 Å². The van der Waals surface area contributed by atoms with Gasteiger partial charge in [-0.1, -0.05) is 140 Å². The van der Waals surface area contributed by atoms with E-state index in [4.69, 9.17) is 0 Å². The second-order valence-corrected chi connectivity index (χ2v) is 9.34. The Bertz CT molecular complexity index is 669. The molecule has 0 bridgehead atoms. The molecular weight excluding hydrogens is 348 g/mol. The fraction of sp³-hybridized carbons (Fsp3) is 0.655. The first-order valence-electron chi connectivity index (χ1n) is 12.7. The average molecular weight is 395 g/mol. The summed E-state index contributed by atoms with van der Waals surface area (Å²) >= 11 is 0. The van der Waals surface area contributed by atoms with Crippen LogP contribution < -0.4 is 0 Å². The zero-order valence-electron chi connectivity index (χ0n) is 19.6. The minimum absolute atomic E-state index is 0.678. The van der Waals surface area contributed by atoms with Crippen molar-refractivity contribution in [3.8, 4) is 0 Å². The first kappa shape index (κ1) is 24.0. The van der Waals surface area contributed by atoms with Crippen molar-refractivity contribution in [1.29, 1.82) is 0 Å². The van der Waals surface area contributed by atoms with E-state index < -0.39 is 0 Å². The third-order valence-corrected chi connectivity index (χ3v) is 6.66. The van der Waals surface area contributed by atoms with E-state index in [9.17, 15) is 0 Å². The third-order valence-electron chi connectivity index (χ3n) is 6.66. The summed E-state index contributed by atoms with van der Waals surface area (Å²) in [4.78, 5) is 0. The Labute approximate surface area is 181 Å². The molecule has 162 valence electrons. The van der Waals surface area contributed by atoms with Gasteiger partial charge in [0.1, 0.15) is 0 Å². The van der Waals surface area contributed by atoms with E-state index in [1.54, 1.807) is 5.56 Å². The Balaban J connectivity index is 1.49. The molecule has 0 heterocycles. The minimum Gasteiger partial charge on any atom is -0.0654 e. The molecule has 2 aromatic carbocycles. The second-order valence-electron chi connectivity index (χ2n) is 9.34. The highest BCUT2D eigenvalue weighted by molar-refractivity contribution is 5.84. The molecule has 0 saturated heterocycles. The molecule has 2 rings (SSSR count). The predicted octanol–water partition coefficient (Wildman–Crippen LogP) is 10.1. The average Bonchev–Trinajstić information content (AvgIpc) is 2.73. The summed E-state index contributed by atoms with van der Waals surface area (Å²) < 4.78 is 0. The molecule has 0 N–H and O–H groups in total. The first-order chi connectivity index (χ1) is 14.2. The fourth-order valence-electron chi connectivity index (χ4n) is 4.70. The summed E-state index contributed by atoms with van der Waals surface area (Å²) in [5, 5.41) is 2.76. The van der Waals surface area contributed by atoms with Gasteiger partial charge in [-0.3, -0.25) is 0 Å².